The molecule has 1 aliphatic heterocycles. The lowest BCUT2D eigenvalue weighted by Crippen LogP contribution is -2.32. The topological polar surface area (TPSA) is 82.7 Å². The number of thioether (sulfide) groups is 1. The van der Waals surface area contributed by atoms with Crippen LogP contribution in [0.5, 0.6) is 0 Å². The Morgan fingerprint density at radius 2 is 1.79 bits per heavy atom. The second kappa shape index (κ2) is 11.6. The molecule has 3 aromatic heterocycles. The molecule has 0 saturated carbocycles. The molecule has 0 amide bonds. The zero-order chi connectivity index (χ0) is 26.6. The quantitative estimate of drug-likeness (QED) is 0.210. The van der Waals surface area contributed by atoms with Crippen LogP contribution in [0.3, 0.4) is 0 Å². The minimum absolute atomic E-state index is 0.357. The largest absolute Gasteiger partial charge is 0.355 e. The third-order valence-corrected chi connectivity index (χ3v) is 8.78. The minimum atomic E-state index is 0.357. The Labute approximate surface area is 240 Å². The van der Waals surface area contributed by atoms with Crippen LogP contribution >= 0.6 is 35.1 Å². The molecule has 2 aromatic carbocycles. The molecule has 0 spiro atoms. The predicted octanol–water partition coefficient (Wildman–Crippen LogP) is 7.01. The normalized spacial score (nSPS) is 13.4. The van der Waals surface area contributed by atoms with Crippen molar-refractivity contribution in [2.75, 3.05) is 34.8 Å². The Kier molecular flexibility index (Phi) is 7.59. The molecule has 39 heavy (non-hydrogen) atoms. The number of nitrogens with one attached hydrogen (secondary N) is 1. The highest BCUT2D eigenvalue weighted by atomic mass is 35.5. The maximum atomic E-state index is 9.79. The van der Waals surface area contributed by atoms with E-state index in [1.165, 1.54) is 0 Å². The van der Waals surface area contributed by atoms with Gasteiger partial charge in [0.2, 0.25) is 0 Å². The lowest BCUT2D eigenvalue weighted by Gasteiger charge is -2.27. The van der Waals surface area contributed by atoms with Gasteiger partial charge in [-0.3, -0.25) is 4.98 Å². The van der Waals surface area contributed by atoms with Crippen LogP contribution in [0, 0.1) is 11.3 Å². The van der Waals surface area contributed by atoms with Gasteiger partial charge in [-0.05, 0) is 48.0 Å². The van der Waals surface area contributed by atoms with Crippen molar-refractivity contribution >= 4 is 63.2 Å². The fraction of sp³-hybridized carbons (Fsp3) is 0.172. The van der Waals surface area contributed by atoms with Gasteiger partial charge in [-0.15, -0.1) is 11.6 Å². The van der Waals surface area contributed by atoms with Crippen molar-refractivity contribution in [1.29, 1.82) is 5.26 Å². The number of nitriles is 1. The van der Waals surface area contributed by atoms with Crippen molar-refractivity contribution in [2.24, 2.45) is 0 Å². The van der Waals surface area contributed by atoms with Crippen LogP contribution in [-0.2, 0) is 6.00 Å². The van der Waals surface area contributed by atoms with Crippen LogP contribution in [0.25, 0.3) is 22.0 Å². The third kappa shape index (κ3) is 5.55. The second-order valence-corrected chi connectivity index (χ2v) is 11.5. The third-order valence-electron chi connectivity index (χ3n) is 6.54. The Morgan fingerprint density at radius 1 is 0.974 bits per heavy atom. The predicted molar refractivity (Wildman–Crippen MR) is 161 cm³/mol. The molecule has 194 valence electrons. The molecule has 5 aromatic rings. The highest BCUT2D eigenvalue weighted by molar-refractivity contribution is 7.99. The van der Waals surface area contributed by atoms with Crippen molar-refractivity contribution in [3.05, 3.63) is 84.9 Å². The van der Waals surface area contributed by atoms with E-state index in [1.807, 2.05) is 59.1 Å². The molecule has 0 aliphatic carbocycles. The van der Waals surface area contributed by atoms with Gasteiger partial charge in [0.15, 0.2) is 5.16 Å². The number of imidazole rings is 1. The molecule has 6 rings (SSSR count). The summed E-state index contributed by atoms with van der Waals surface area (Å²) in [6.07, 6.45) is 7.15. The molecule has 0 bridgehead atoms. The maximum absolute atomic E-state index is 9.79. The summed E-state index contributed by atoms with van der Waals surface area (Å²) in [7, 11) is 0. The molecule has 1 fully saturated rings. The first-order chi connectivity index (χ1) is 19.2. The van der Waals surface area contributed by atoms with Gasteiger partial charge in [0, 0.05) is 70.9 Å². The first-order valence-corrected chi connectivity index (χ1v) is 15.0. The van der Waals surface area contributed by atoms with Crippen molar-refractivity contribution in [3.63, 3.8) is 0 Å². The van der Waals surface area contributed by atoms with E-state index < -0.39 is 0 Å². The number of nitrogens with zero attached hydrogens (tertiary/aromatic N) is 6. The lowest BCUT2D eigenvalue weighted by atomic mass is 10.0. The van der Waals surface area contributed by atoms with Gasteiger partial charge in [-0.2, -0.15) is 17.0 Å². The summed E-state index contributed by atoms with van der Waals surface area (Å²) in [6.45, 7) is 2.07. The number of alkyl halides is 1. The van der Waals surface area contributed by atoms with E-state index in [9.17, 15) is 5.26 Å². The summed E-state index contributed by atoms with van der Waals surface area (Å²) in [6, 6.07) is 21.0. The Balaban J connectivity index is 1.24. The summed E-state index contributed by atoms with van der Waals surface area (Å²) < 4.78 is 1.88. The molecular weight excluding hydrogens is 546 g/mol. The maximum Gasteiger partial charge on any atom is 0.173 e. The summed E-state index contributed by atoms with van der Waals surface area (Å²) in [5.74, 6) is 3.31. The number of aromatic nitrogens is 4. The Hall–Kier alpha value is -3.71. The first kappa shape index (κ1) is 25.6. The number of anilines is 3. The molecular formula is C29H24ClN7S2. The molecule has 0 atom stereocenters. The number of halogens is 1. The van der Waals surface area contributed by atoms with Crippen molar-refractivity contribution in [3.8, 4) is 17.2 Å². The van der Waals surface area contributed by atoms with Crippen molar-refractivity contribution < 1.29 is 0 Å². The first-order valence-electron chi connectivity index (χ1n) is 12.5. The van der Waals surface area contributed by atoms with Crippen molar-refractivity contribution in [2.45, 2.75) is 16.1 Å². The van der Waals surface area contributed by atoms with E-state index in [-0.39, 0.29) is 0 Å². The van der Waals surface area contributed by atoms with Crippen LogP contribution in [0.1, 0.15) is 5.56 Å². The number of rotatable bonds is 7. The molecule has 4 heterocycles. The highest BCUT2D eigenvalue weighted by Gasteiger charge is 2.14. The van der Waals surface area contributed by atoms with E-state index in [1.54, 1.807) is 24.2 Å². The summed E-state index contributed by atoms with van der Waals surface area (Å²) in [5.41, 5.74) is 4.99. The number of hydrogen-bond donors (Lipinski definition) is 1. The van der Waals surface area contributed by atoms with Crippen LogP contribution in [0.2, 0.25) is 0 Å². The van der Waals surface area contributed by atoms with Crippen LogP contribution in [0.15, 0.2) is 89.4 Å². The van der Waals surface area contributed by atoms with Gasteiger partial charge >= 0.3 is 0 Å². The van der Waals surface area contributed by atoms with Gasteiger partial charge in [0.05, 0.1) is 22.8 Å². The van der Waals surface area contributed by atoms with E-state index in [0.29, 0.717) is 11.6 Å². The molecule has 0 unspecified atom stereocenters. The average Bonchev–Trinajstić information content (AvgIpc) is 3.45. The highest BCUT2D eigenvalue weighted by Crippen LogP contribution is 2.33. The molecule has 7 nitrogen and oxygen atoms in total. The number of fused-ring (bicyclic) bond motifs is 1. The molecule has 1 N–H and O–H groups in total. The molecule has 1 saturated heterocycles. The molecule has 0 radical (unpaired) electrons. The number of benzene rings is 2. The zero-order valence-corrected chi connectivity index (χ0v) is 23.3. The van der Waals surface area contributed by atoms with Gasteiger partial charge < -0.3 is 14.8 Å². The summed E-state index contributed by atoms with van der Waals surface area (Å²) in [5, 5.41) is 15.0. The van der Waals surface area contributed by atoms with Crippen LogP contribution in [-0.4, -0.2) is 44.1 Å². The second-order valence-electron chi connectivity index (χ2n) is 8.95. The summed E-state index contributed by atoms with van der Waals surface area (Å²) >= 11 is 9.51. The SMILES string of the molecule is N#Cc1cnc2cc(-c3ccc(N4CCSCC4)nc3)ccc2c1Nc1ccc(Sc2nccn2CCl)cc1. The van der Waals surface area contributed by atoms with Gasteiger partial charge in [0.25, 0.3) is 0 Å². The van der Waals surface area contributed by atoms with Crippen molar-refractivity contribution in [1.82, 2.24) is 19.5 Å². The molecule has 10 heteroatoms. The summed E-state index contributed by atoms with van der Waals surface area (Å²) in [4.78, 5) is 17.1. The monoisotopic (exact) mass is 569 g/mol. The minimum Gasteiger partial charge on any atom is -0.355 e. The van der Waals surface area contributed by atoms with Crippen LogP contribution < -0.4 is 10.2 Å². The zero-order valence-electron chi connectivity index (χ0n) is 20.9. The number of pyridine rings is 2. The van der Waals surface area contributed by atoms with Gasteiger partial charge in [-0.25, -0.2) is 9.97 Å². The Morgan fingerprint density at radius 3 is 2.54 bits per heavy atom. The van der Waals surface area contributed by atoms with Crippen LogP contribution in [0.4, 0.5) is 17.2 Å². The standard InChI is InChI=1S/C29H24ClN7S2/c30-19-37-10-9-32-29(37)39-24-5-3-23(4-6-24)35-28-22(16-31)18-33-26-15-20(1-7-25(26)28)21-2-8-27(34-17-21)36-11-13-38-14-12-36/h1-10,15,17-18H,11-14,19H2,(H,33,35). The molecule has 1 aliphatic rings. The van der Waals surface area contributed by atoms with Gasteiger partial charge in [-0.1, -0.05) is 23.9 Å². The van der Waals surface area contributed by atoms with E-state index in [2.05, 4.69) is 50.5 Å². The van der Waals surface area contributed by atoms with E-state index in [0.717, 1.165) is 73.9 Å². The average molecular weight is 570 g/mol. The fourth-order valence-corrected chi connectivity index (χ4v) is 6.48. The van der Waals surface area contributed by atoms with E-state index in [4.69, 9.17) is 16.6 Å². The lowest BCUT2D eigenvalue weighted by molar-refractivity contribution is 0.767. The number of hydrogen-bond acceptors (Lipinski definition) is 8. The fourth-order valence-electron chi connectivity index (χ4n) is 4.48. The Bertz CT molecular complexity index is 1640. The van der Waals surface area contributed by atoms with E-state index >= 15 is 0 Å². The smallest absolute Gasteiger partial charge is 0.173 e. The van der Waals surface area contributed by atoms with Gasteiger partial charge in [0.1, 0.15) is 11.9 Å².